The number of nitrogens with one attached hydrogen (secondary N) is 1. The van der Waals surface area contributed by atoms with Gasteiger partial charge in [-0.1, -0.05) is 6.07 Å². The summed E-state index contributed by atoms with van der Waals surface area (Å²) in [6, 6.07) is 13.1. The number of aromatic nitrogens is 1. The molecule has 160 valence electrons. The van der Waals surface area contributed by atoms with Crippen LogP contribution in [0.15, 0.2) is 46.3 Å². The second kappa shape index (κ2) is 9.14. The van der Waals surface area contributed by atoms with E-state index in [9.17, 15) is 9.59 Å². The van der Waals surface area contributed by atoms with Crippen molar-refractivity contribution in [3.05, 3.63) is 63.6 Å². The minimum atomic E-state index is -0.438. The molecule has 0 saturated carbocycles. The van der Waals surface area contributed by atoms with E-state index in [1.165, 1.54) is 0 Å². The lowest BCUT2D eigenvalue weighted by molar-refractivity contribution is -0.120. The third kappa shape index (κ3) is 4.67. The van der Waals surface area contributed by atoms with E-state index in [1.54, 1.807) is 25.5 Å². The SMILES string of the molecule is COc1ccc(/C=N/NC(=O)CC#N)cc1CN1C[C@@H]2C[C@@H](C1)c1cccc(=O)n1C2. The number of piperidine rings is 1. The van der Waals surface area contributed by atoms with Crippen LogP contribution in [0.1, 0.15) is 35.6 Å². The number of benzene rings is 1. The van der Waals surface area contributed by atoms with Crippen LogP contribution in [0.5, 0.6) is 5.75 Å². The Bertz CT molecular complexity index is 1100. The van der Waals surface area contributed by atoms with Crippen molar-refractivity contribution in [1.29, 1.82) is 5.26 Å². The highest BCUT2D eigenvalue weighted by molar-refractivity contribution is 5.83. The number of carbonyl (C=O) groups is 1. The smallest absolute Gasteiger partial charge is 0.254 e. The van der Waals surface area contributed by atoms with Gasteiger partial charge in [-0.3, -0.25) is 14.5 Å². The molecule has 1 aromatic heterocycles. The number of methoxy groups -OCH3 is 1. The minimum Gasteiger partial charge on any atom is -0.496 e. The predicted octanol–water partition coefficient (Wildman–Crippen LogP) is 1.84. The number of ether oxygens (including phenoxy) is 1. The zero-order chi connectivity index (χ0) is 21.8. The standard InChI is InChI=1S/C23H25N5O3/c1-31-21-6-5-16(11-25-26-22(29)7-8-24)9-19(21)15-27-12-17-10-18(14-27)20-3-2-4-23(30)28(20)13-17/h2-6,9,11,17-18H,7,10,12-15H2,1H3,(H,26,29)/b25-11+/t17-,18-/m0/s1. The van der Waals surface area contributed by atoms with Crippen LogP contribution in [-0.4, -0.2) is 41.8 Å². The summed E-state index contributed by atoms with van der Waals surface area (Å²) in [5, 5.41) is 12.5. The van der Waals surface area contributed by atoms with E-state index in [0.29, 0.717) is 11.8 Å². The highest BCUT2D eigenvalue weighted by Crippen LogP contribution is 2.36. The van der Waals surface area contributed by atoms with Crippen molar-refractivity contribution in [3.63, 3.8) is 0 Å². The molecular weight excluding hydrogens is 394 g/mol. The second-order valence-corrected chi connectivity index (χ2v) is 8.09. The Morgan fingerprint density at radius 1 is 1.32 bits per heavy atom. The van der Waals surface area contributed by atoms with Gasteiger partial charge in [0.15, 0.2) is 0 Å². The molecule has 1 fully saturated rings. The van der Waals surface area contributed by atoms with Gasteiger partial charge >= 0.3 is 0 Å². The molecule has 2 aliphatic heterocycles. The first-order chi connectivity index (χ1) is 15.1. The molecule has 8 heteroatoms. The Morgan fingerprint density at radius 3 is 3.00 bits per heavy atom. The fourth-order valence-corrected chi connectivity index (χ4v) is 4.66. The molecule has 3 heterocycles. The Hall–Kier alpha value is -3.44. The molecule has 1 saturated heterocycles. The van der Waals surface area contributed by atoms with E-state index in [4.69, 9.17) is 10.00 Å². The first-order valence-corrected chi connectivity index (χ1v) is 10.3. The minimum absolute atomic E-state index is 0.0937. The van der Waals surface area contributed by atoms with Crippen molar-refractivity contribution >= 4 is 12.1 Å². The largest absolute Gasteiger partial charge is 0.496 e. The van der Waals surface area contributed by atoms with Crippen LogP contribution in [0.4, 0.5) is 0 Å². The summed E-state index contributed by atoms with van der Waals surface area (Å²) >= 11 is 0. The maximum atomic E-state index is 12.2. The number of nitrogens with zero attached hydrogens (tertiary/aromatic N) is 4. The highest BCUT2D eigenvalue weighted by atomic mass is 16.5. The zero-order valence-electron chi connectivity index (χ0n) is 17.5. The third-order valence-electron chi connectivity index (χ3n) is 5.90. The topological polar surface area (TPSA) is 99.7 Å². The summed E-state index contributed by atoms with van der Waals surface area (Å²) in [5.74, 6) is 1.18. The Labute approximate surface area is 180 Å². The van der Waals surface area contributed by atoms with E-state index < -0.39 is 5.91 Å². The van der Waals surface area contributed by atoms with Crippen LogP contribution in [0.2, 0.25) is 0 Å². The zero-order valence-corrected chi connectivity index (χ0v) is 17.5. The number of hydrogen-bond donors (Lipinski definition) is 1. The summed E-state index contributed by atoms with van der Waals surface area (Å²) in [6.07, 6.45) is 2.45. The molecule has 2 atom stereocenters. The Balaban J connectivity index is 1.49. The molecule has 0 aliphatic carbocycles. The lowest BCUT2D eigenvalue weighted by Crippen LogP contribution is -2.46. The van der Waals surface area contributed by atoms with Gasteiger partial charge in [-0.05, 0) is 42.2 Å². The van der Waals surface area contributed by atoms with E-state index in [2.05, 4.69) is 21.5 Å². The number of rotatable bonds is 6. The molecule has 0 unspecified atom stereocenters. The first kappa shape index (κ1) is 20.8. The van der Waals surface area contributed by atoms with Gasteiger partial charge in [0.05, 0.1) is 19.4 Å². The maximum Gasteiger partial charge on any atom is 0.254 e. The molecule has 0 radical (unpaired) electrons. The van der Waals surface area contributed by atoms with Gasteiger partial charge in [0.1, 0.15) is 12.2 Å². The fourth-order valence-electron chi connectivity index (χ4n) is 4.66. The number of amides is 1. The second-order valence-electron chi connectivity index (χ2n) is 8.09. The van der Waals surface area contributed by atoms with Gasteiger partial charge in [0.25, 0.3) is 11.5 Å². The summed E-state index contributed by atoms with van der Waals surface area (Å²) in [4.78, 5) is 26.0. The van der Waals surface area contributed by atoms with Crippen LogP contribution in [0.25, 0.3) is 0 Å². The number of likely N-dealkylation sites (tertiary alicyclic amines) is 1. The summed E-state index contributed by atoms with van der Waals surface area (Å²) in [6.45, 7) is 3.33. The lowest BCUT2D eigenvalue weighted by Gasteiger charge is -2.42. The molecule has 0 spiro atoms. The Morgan fingerprint density at radius 2 is 2.19 bits per heavy atom. The number of carbonyl (C=O) groups excluding carboxylic acids is 1. The molecule has 2 aromatic rings. The lowest BCUT2D eigenvalue weighted by atomic mass is 9.83. The molecule has 2 bridgehead atoms. The molecule has 1 aromatic carbocycles. The van der Waals surface area contributed by atoms with E-state index in [0.717, 1.165) is 55.2 Å². The average Bonchev–Trinajstić information content (AvgIpc) is 2.75. The van der Waals surface area contributed by atoms with Crippen molar-refractivity contribution in [3.8, 4) is 11.8 Å². The van der Waals surface area contributed by atoms with Crippen LogP contribution in [0.3, 0.4) is 0 Å². The van der Waals surface area contributed by atoms with Crippen molar-refractivity contribution in [2.24, 2.45) is 11.0 Å². The van der Waals surface area contributed by atoms with Crippen LogP contribution in [-0.2, 0) is 17.9 Å². The van der Waals surface area contributed by atoms with E-state index in [1.807, 2.05) is 28.8 Å². The van der Waals surface area contributed by atoms with Gasteiger partial charge in [-0.15, -0.1) is 0 Å². The molecule has 31 heavy (non-hydrogen) atoms. The van der Waals surface area contributed by atoms with Crippen LogP contribution < -0.4 is 15.7 Å². The number of nitriles is 1. The molecule has 8 nitrogen and oxygen atoms in total. The molecule has 2 aliphatic rings. The molecule has 4 rings (SSSR count). The van der Waals surface area contributed by atoms with Gasteiger partial charge in [-0.2, -0.15) is 10.4 Å². The summed E-state index contributed by atoms with van der Waals surface area (Å²) in [5.41, 5.74) is 5.45. The van der Waals surface area contributed by atoms with Gasteiger partial charge < -0.3 is 9.30 Å². The van der Waals surface area contributed by atoms with Gasteiger partial charge in [-0.25, -0.2) is 5.43 Å². The monoisotopic (exact) mass is 419 g/mol. The van der Waals surface area contributed by atoms with Crippen molar-refractivity contribution < 1.29 is 9.53 Å². The van der Waals surface area contributed by atoms with Gasteiger partial charge in [0, 0.05) is 49.4 Å². The fraction of sp³-hybridized carbons (Fsp3) is 0.391. The van der Waals surface area contributed by atoms with Crippen molar-refractivity contribution in [2.45, 2.75) is 31.8 Å². The Kier molecular flexibility index (Phi) is 6.14. The van der Waals surface area contributed by atoms with Crippen molar-refractivity contribution in [2.75, 3.05) is 20.2 Å². The number of fused-ring (bicyclic) bond motifs is 4. The van der Waals surface area contributed by atoms with E-state index >= 15 is 0 Å². The first-order valence-electron chi connectivity index (χ1n) is 10.3. The predicted molar refractivity (Wildman–Crippen MR) is 116 cm³/mol. The number of hydrogen-bond acceptors (Lipinski definition) is 6. The summed E-state index contributed by atoms with van der Waals surface area (Å²) in [7, 11) is 1.66. The number of hydrazone groups is 1. The average molecular weight is 419 g/mol. The maximum absolute atomic E-state index is 12.2. The van der Waals surface area contributed by atoms with Crippen molar-refractivity contribution in [1.82, 2.24) is 14.9 Å². The molecule has 1 N–H and O–H groups in total. The quantitative estimate of drug-likeness (QED) is 0.569. The summed E-state index contributed by atoms with van der Waals surface area (Å²) < 4.78 is 7.50. The van der Waals surface area contributed by atoms with Crippen LogP contribution in [0, 0.1) is 17.2 Å². The normalized spacial score (nSPS) is 20.1. The van der Waals surface area contributed by atoms with Crippen LogP contribution >= 0.6 is 0 Å². The molecular formula is C23H25N5O3. The van der Waals surface area contributed by atoms with Gasteiger partial charge in [0.2, 0.25) is 0 Å². The third-order valence-corrected chi connectivity index (χ3v) is 5.90. The number of pyridine rings is 1. The molecule has 1 amide bonds. The van der Waals surface area contributed by atoms with E-state index in [-0.39, 0.29) is 12.0 Å². The highest BCUT2D eigenvalue weighted by Gasteiger charge is 2.34.